The van der Waals surface area contributed by atoms with Crippen molar-refractivity contribution < 1.29 is 19.4 Å². The minimum atomic E-state index is -0.399. The predicted octanol–water partition coefficient (Wildman–Crippen LogP) is 4.99. The number of carbonyl (C=O) groups excluding carboxylic acids is 2. The van der Waals surface area contributed by atoms with E-state index in [4.69, 9.17) is 27.9 Å². The molecule has 2 heterocycles. The van der Waals surface area contributed by atoms with Crippen LogP contribution in [-0.4, -0.2) is 70.6 Å². The second-order valence-corrected chi connectivity index (χ2v) is 10.7. The number of amides is 2. The Kier molecular flexibility index (Phi) is 9.45. The molecule has 1 aliphatic rings. The first kappa shape index (κ1) is 28.8. The molecule has 2 N–H and O–H groups in total. The number of likely N-dealkylation sites (N-methyl/N-ethyl adjacent to an activating group) is 1. The van der Waals surface area contributed by atoms with Gasteiger partial charge in [0.25, 0.3) is 11.8 Å². The highest BCUT2D eigenvalue weighted by Gasteiger charge is 2.34. The van der Waals surface area contributed by atoms with Gasteiger partial charge in [-0.1, -0.05) is 48.3 Å². The van der Waals surface area contributed by atoms with Crippen LogP contribution in [0.3, 0.4) is 0 Å². The number of benzene rings is 2. The monoisotopic (exact) mass is 570 g/mol. The van der Waals surface area contributed by atoms with Gasteiger partial charge in [0.05, 0.1) is 33.9 Å². The molecule has 0 saturated heterocycles. The Labute approximate surface area is 238 Å². The molecule has 206 valence electrons. The van der Waals surface area contributed by atoms with E-state index in [1.165, 1.54) is 0 Å². The number of nitrogens with zero attached hydrogens (tertiary/aromatic N) is 3. The average Bonchev–Trinajstić information content (AvgIpc) is 2.93. The van der Waals surface area contributed by atoms with Crippen molar-refractivity contribution in [3.63, 3.8) is 0 Å². The van der Waals surface area contributed by atoms with Crippen LogP contribution in [0.25, 0.3) is 0 Å². The maximum Gasteiger partial charge on any atom is 0.258 e. The van der Waals surface area contributed by atoms with Crippen molar-refractivity contribution in [3.8, 4) is 5.75 Å². The highest BCUT2D eigenvalue weighted by atomic mass is 35.5. The number of carbonyl (C=O) groups is 2. The molecule has 10 heteroatoms. The van der Waals surface area contributed by atoms with Crippen LogP contribution in [0.5, 0.6) is 5.75 Å². The number of halogens is 2. The number of aromatic nitrogens is 1. The fraction of sp³-hybridized carbons (Fsp3) is 0.345. The maximum atomic E-state index is 13.7. The van der Waals surface area contributed by atoms with Gasteiger partial charge in [-0.15, -0.1) is 0 Å². The van der Waals surface area contributed by atoms with Crippen LogP contribution >= 0.6 is 23.2 Å². The minimum absolute atomic E-state index is 0.0997. The number of hydrogen-bond donors (Lipinski definition) is 2. The number of rotatable bonds is 8. The number of ether oxygens (including phenoxy) is 1. The van der Waals surface area contributed by atoms with Gasteiger partial charge < -0.3 is 20.1 Å². The van der Waals surface area contributed by atoms with Crippen LogP contribution in [0.4, 0.5) is 5.69 Å². The van der Waals surface area contributed by atoms with Gasteiger partial charge in [0, 0.05) is 43.5 Å². The predicted molar refractivity (Wildman–Crippen MR) is 153 cm³/mol. The van der Waals surface area contributed by atoms with Crippen LogP contribution in [-0.2, 0) is 6.54 Å². The largest absolute Gasteiger partial charge is 0.486 e. The van der Waals surface area contributed by atoms with E-state index in [1.54, 1.807) is 53.7 Å². The summed E-state index contributed by atoms with van der Waals surface area (Å²) >= 11 is 12.6. The Hall–Kier alpha value is -3.17. The van der Waals surface area contributed by atoms with Gasteiger partial charge in [-0.05, 0) is 49.9 Å². The summed E-state index contributed by atoms with van der Waals surface area (Å²) in [7, 11) is 1.96. The van der Waals surface area contributed by atoms with Crippen LogP contribution < -0.4 is 10.1 Å². The zero-order chi connectivity index (χ0) is 28.1. The summed E-state index contributed by atoms with van der Waals surface area (Å²) in [4.78, 5) is 34.4. The number of aliphatic hydroxyl groups is 1. The van der Waals surface area contributed by atoms with Gasteiger partial charge in [0.1, 0.15) is 6.10 Å². The molecule has 0 fully saturated rings. The van der Waals surface area contributed by atoms with Gasteiger partial charge in [-0.3, -0.25) is 19.5 Å². The molecule has 3 atom stereocenters. The molecule has 0 saturated carbocycles. The molecule has 39 heavy (non-hydrogen) atoms. The zero-order valence-electron chi connectivity index (χ0n) is 22.1. The smallest absolute Gasteiger partial charge is 0.258 e. The second kappa shape index (κ2) is 12.8. The highest BCUT2D eigenvalue weighted by molar-refractivity contribution is 6.42. The molecule has 2 aromatic carbocycles. The third-order valence-electron chi connectivity index (χ3n) is 6.85. The summed E-state index contributed by atoms with van der Waals surface area (Å²) in [6.45, 7) is 5.08. The maximum absolute atomic E-state index is 13.7. The van der Waals surface area contributed by atoms with Crippen molar-refractivity contribution in [2.24, 2.45) is 5.92 Å². The third kappa shape index (κ3) is 6.70. The summed E-state index contributed by atoms with van der Waals surface area (Å²) in [6.07, 6.45) is 2.73. The third-order valence-corrected chi connectivity index (χ3v) is 7.70. The Morgan fingerprint density at radius 3 is 2.64 bits per heavy atom. The molecule has 2 amide bonds. The molecule has 1 aromatic heterocycles. The van der Waals surface area contributed by atoms with Crippen molar-refractivity contribution >= 4 is 40.7 Å². The van der Waals surface area contributed by atoms with Crippen LogP contribution in [0.15, 0.2) is 60.9 Å². The molecule has 1 aliphatic heterocycles. The molecular formula is C29H32Cl2N4O4. The zero-order valence-corrected chi connectivity index (χ0v) is 23.6. The van der Waals surface area contributed by atoms with Gasteiger partial charge in [0.2, 0.25) is 0 Å². The normalized spacial score (nSPS) is 18.1. The minimum Gasteiger partial charge on any atom is -0.486 e. The molecule has 0 spiro atoms. The van der Waals surface area contributed by atoms with Gasteiger partial charge >= 0.3 is 0 Å². The fourth-order valence-corrected chi connectivity index (χ4v) is 4.97. The Morgan fingerprint density at radius 2 is 1.92 bits per heavy atom. The number of anilines is 1. The first-order valence-electron chi connectivity index (χ1n) is 12.7. The van der Waals surface area contributed by atoms with Gasteiger partial charge in [-0.25, -0.2) is 0 Å². The van der Waals surface area contributed by atoms with Crippen molar-refractivity contribution in [3.05, 3.63) is 87.7 Å². The number of pyridine rings is 1. The van der Waals surface area contributed by atoms with Crippen LogP contribution in [0, 0.1) is 5.92 Å². The molecular weight excluding hydrogens is 539 g/mol. The lowest BCUT2D eigenvalue weighted by atomic mass is 9.98. The van der Waals surface area contributed by atoms with Crippen molar-refractivity contribution in [1.82, 2.24) is 14.8 Å². The van der Waals surface area contributed by atoms with Gasteiger partial charge in [0.15, 0.2) is 5.75 Å². The molecule has 0 aliphatic carbocycles. The van der Waals surface area contributed by atoms with E-state index >= 15 is 0 Å². The first-order chi connectivity index (χ1) is 18.7. The molecule has 4 rings (SSSR count). The SMILES string of the molecule is C[C@H]1CN([C@@H](C)CO)C(=O)c2cccc(NC(=O)c3ccncc3)c2O[C@@H]1CN(C)Cc1cccc(Cl)c1Cl. The number of aliphatic hydroxyl groups excluding tert-OH is 1. The topological polar surface area (TPSA) is 95.0 Å². The summed E-state index contributed by atoms with van der Waals surface area (Å²) < 4.78 is 6.57. The molecule has 8 nitrogen and oxygen atoms in total. The van der Waals surface area contributed by atoms with Crippen molar-refractivity contribution in [2.75, 3.05) is 32.1 Å². The number of nitrogens with one attached hydrogen (secondary N) is 1. The lowest BCUT2D eigenvalue weighted by molar-refractivity contribution is 0.0343. The molecule has 0 bridgehead atoms. The van der Waals surface area contributed by atoms with E-state index in [9.17, 15) is 14.7 Å². The fourth-order valence-electron chi connectivity index (χ4n) is 4.59. The number of fused-ring (bicyclic) bond motifs is 1. The average molecular weight is 572 g/mol. The van der Waals surface area contributed by atoms with E-state index in [1.807, 2.05) is 33.0 Å². The second-order valence-electron chi connectivity index (χ2n) is 9.90. The Bertz CT molecular complexity index is 1320. The molecule has 0 unspecified atom stereocenters. The summed E-state index contributed by atoms with van der Waals surface area (Å²) in [5.41, 5.74) is 2.03. The summed E-state index contributed by atoms with van der Waals surface area (Å²) in [5, 5.41) is 13.8. The van der Waals surface area contributed by atoms with Gasteiger partial charge in [-0.2, -0.15) is 0 Å². The van der Waals surface area contributed by atoms with E-state index in [-0.39, 0.29) is 30.4 Å². The number of para-hydroxylation sites is 1. The number of hydrogen-bond acceptors (Lipinski definition) is 6. The van der Waals surface area contributed by atoms with Crippen molar-refractivity contribution in [1.29, 1.82) is 0 Å². The van der Waals surface area contributed by atoms with E-state index in [0.29, 0.717) is 52.2 Å². The highest BCUT2D eigenvalue weighted by Crippen LogP contribution is 2.35. The molecule has 0 radical (unpaired) electrons. The summed E-state index contributed by atoms with van der Waals surface area (Å²) in [6, 6.07) is 13.5. The Morgan fingerprint density at radius 1 is 1.21 bits per heavy atom. The standard InChI is InChI=1S/C29H32Cl2N4O4/c1-18-14-35(19(2)17-36)29(38)22-7-5-9-24(33-28(37)20-10-12-32-13-11-20)27(22)39-25(18)16-34(3)15-21-6-4-8-23(30)26(21)31/h4-13,18-19,25,36H,14-17H2,1-3H3,(H,33,37)/t18-,19-,25+/m0/s1. The lowest BCUT2D eigenvalue weighted by Gasteiger charge is -2.38. The summed E-state index contributed by atoms with van der Waals surface area (Å²) in [5.74, 6) is -0.416. The Balaban J connectivity index is 1.67. The first-order valence-corrected chi connectivity index (χ1v) is 13.5. The van der Waals surface area contributed by atoms with E-state index in [0.717, 1.165) is 5.56 Å². The quantitative estimate of drug-likeness (QED) is 0.396. The van der Waals surface area contributed by atoms with Crippen molar-refractivity contribution in [2.45, 2.75) is 32.5 Å². The van der Waals surface area contributed by atoms with Crippen LogP contribution in [0.1, 0.15) is 40.1 Å². The molecule has 3 aromatic rings. The van der Waals surface area contributed by atoms with E-state index < -0.39 is 6.04 Å². The lowest BCUT2D eigenvalue weighted by Crippen LogP contribution is -2.49. The van der Waals surface area contributed by atoms with Crippen LogP contribution in [0.2, 0.25) is 10.0 Å². The van der Waals surface area contributed by atoms with E-state index in [2.05, 4.69) is 15.2 Å².